The smallest absolute Gasteiger partial charge is 0.429 e. The Kier molecular flexibility index (Phi) is 8.71. The van der Waals surface area contributed by atoms with Gasteiger partial charge in [0.2, 0.25) is 17.9 Å². The molecule has 5 rings (SSSR count). The number of hydrogen-bond donors (Lipinski definition) is 2. The van der Waals surface area contributed by atoms with Gasteiger partial charge in [0, 0.05) is 36.3 Å². The van der Waals surface area contributed by atoms with Crippen LogP contribution in [0.1, 0.15) is 43.4 Å². The van der Waals surface area contributed by atoms with Crippen LogP contribution in [0.2, 0.25) is 5.02 Å². The average molecular weight is 622 g/mol. The van der Waals surface area contributed by atoms with Crippen molar-refractivity contribution in [3.8, 4) is 17.0 Å². The summed E-state index contributed by atoms with van der Waals surface area (Å²) in [5, 5.41) is 3.47. The number of carbonyl (C=O) groups is 1. The van der Waals surface area contributed by atoms with Gasteiger partial charge in [-0.1, -0.05) is 23.7 Å². The predicted octanol–water partition coefficient (Wildman–Crippen LogP) is 6.02. The number of piperidine rings is 1. The summed E-state index contributed by atoms with van der Waals surface area (Å²) in [5.41, 5.74) is 6.40. The van der Waals surface area contributed by atoms with Crippen LogP contribution in [0, 0.1) is 18.2 Å². The van der Waals surface area contributed by atoms with Gasteiger partial charge in [0.05, 0.1) is 6.61 Å². The second-order valence-electron chi connectivity index (χ2n) is 11.0. The van der Waals surface area contributed by atoms with Crippen molar-refractivity contribution in [1.29, 1.82) is 0 Å². The lowest BCUT2D eigenvalue weighted by atomic mass is 9.76. The second kappa shape index (κ2) is 12.2. The molecule has 13 heteroatoms. The maximum atomic E-state index is 14.6. The molecule has 2 aliphatic rings. The fraction of sp³-hybridized carbons (Fsp3) is 0.433. The minimum atomic E-state index is -4.85. The molecule has 8 nitrogen and oxygen atoms in total. The number of carbonyl (C=O) groups excluding carboxylic acids is 1. The third kappa shape index (κ3) is 6.80. The van der Waals surface area contributed by atoms with Crippen molar-refractivity contribution in [2.24, 2.45) is 5.41 Å². The van der Waals surface area contributed by atoms with Gasteiger partial charge in [-0.2, -0.15) is 23.1 Å². The van der Waals surface area contributed by atoms with E-state index in [1.54, 1.807) is 6.92 Å². The van der Waals surface area contributed by atoms with Crippen LogP contribution in [0.15, 0.2) is 42.5 Å². The van der Waals surface area contributed by atoms with Crippen LogP contribution < -0.4 is 20.7 Å². The normalized spacial score (nSPS) is 19.0. The van der Waals surface area contributed by atoms with E-state index in [0.29, 0.717) is 44.0 Å². The first-order valence-electron chi connectivity index (χ1n) is 14.0. The highest BCUT2D eigenvalue weighted by Crippen LogP contribution is 2.43. The molecule has 2 aromatic carbocycles. The second-order valence-corrected chi connectivity index (χ2v) is 11.5. The van der Waals surface area contributed by atoms with E-state index < -0.39 is 18.1 Å². The van der Waals surface area contributed by atoms with E-state index in [2.05, 4.69) is 15.3 Å². The fourth-order valence-corrected chi connectivity index (χ4v) is 5.99. The molecule has 0 unspecified atom stereocenters. The number of ether oxygens (including phenoxy) is 2. The maximum Gasteiger partial charge on any atom is 0.429 e. The van der Waals surface area contributed by atoms with Gasteiger partial charge in [-0.25, -0.2) is 4.39 Å². The molecule has 0 saturated carbocycles. The first-order valence-corrected chi connectivity index (χ1v) is 14.3. The van der Waals surface area contributed by atoms with E-state index in [1.807, 2.05) is 4.90 Å². The summed E-state index contributed by atoms with van der Waals surface area (Å²) in [4.78, 5) is 22.3. The Morgan fingerprint density at radius 1 is 1.19 bits per heavy atom. The Morgan fingerprint density at radius 3 is 2.60 bits per heavy atom. The zero-order valence-corrected chi connectivity index (χ0v) is 24.4. The molecule has 2 atom stereocenters. The molecule has 0 amide bonds. The summed E-state index contributed by atoms with van der Waals surface area (Å²) in [6, 6.07) is 9.00. The quantitative estimate of drug-likeness (QED) is 0.244. The first kappa shape index (κ1) is 30.8. The summed E-state index contributed by atoms with van der Waals surface area (Å²) in [6.45, 7) is 5.40. The van der Waals surface area contributed by atoms with Gasteiger partial charge in [0.1, 0.15) is 17.7 Å². The molecule has 3 aromatic rings. The Labute approximate surface area is 251 Å². The molecule has 43 heavy (non-hydrogen) atoms. The van der Waals surface area contributed by atoms with Crippen LogP contribution in [-0.4, -0.2) is 54.4 Å². The number of esters is 1. The van der Waals surface area contributed by atoms with Crippen LogP contribution in [0.4, 0.5) is 29.3 Å². The number of nitrogens with zero attached hydrogens (tertiary/aromatic N) is 3. The zero-order valence-electron chi connectivity index (χ0n) is 23.7. The highest BCUT2D eigenvalue weighted by atomic mass is 35.5. The molecule has 1 aromatic heterocycles. The zero-order chi connectivity index (χ0) is 30.9. The van der Waals surface area contributed by atoms with E-state index in [4.69, 9.17) is 26.8 Å². The topological polar surface area (TPSA) is 103 Å². The molecule has 2 fully saturated rings. The number of rotatable bonds is 7. The lowest BCUT2D eigenvalue weighted by molar-refractivity contribution is -0.198. The highest BCUT2D eigenvalue weighted by Gasteiger charge is 2.46. The Hall–Kier alpha value is -3.64. The van der Waals surface area contributed by atoms with Crippen LogP contribution in [0.25, 0.3) is 11.1 Å². The Morgan fingerprint density at radius 2 is 1.93 bits per heavy atom. The lowest BCUT2D eigenvalue weighted by Crippen LogP contribution is -2.41. The van der Waals surface area contributed by atoms with Crippen molar-refractivity contribution in [3.63, 3.8) is 0 Å². The molecule has 2 saturated heterocycles. The summed E-state index contributed by atoms with van der Waals surface area (Å²) in [6.07, 6.45) is -5.13. The number of aryl methyl sites for hydroxylation is 1. The van der Waals surface area contributed by atoms with E-state index in [0.717, 1.165) is 12.8 Å². The number of halogens is 5. The molecule has 0 aliphatic carbocycles. The van der Waals surface area contributed by atoms with E-state index >= 15 is 0 Å². The summed E-state index contributed by atoms with van der Waals surface area (Å²) in [5.74, 6) is -0.969. The number of hydrogen-bond acceptors (Lipinski definition) is 8. The Bertz CT molecular complexity index is 1500. The van der Waals surface area contributed by atoms with Crippen LogP contribution in [-0.2, 0) is 9.53 Å². The molecule has 0 bridgehead atoms. The van der Waals surface area contributed by atoms with Gasteiger partial charge < -0.3 is 25.4 Å². The van der Waals surface area contributed by atoms with Gasteiger partial charge in [0.15, 0.2) is 0 Å². The fourth-order valence-electron chi connectivity index (χ4n) is 5.82. The minimum Gasteiger partial charge on any atom is -0.465 e. The minimum absolute atomic E-state index is 0.0864. The number of anilines is 2. The summed E-state index contributed by atoms with van der Waals surface area (Å²) in [7, 11) is 0. The standard InChI is InChI=1S/C30H32ClF4N5O3/c1-3-42-27(41)23-15-29(16-37-23)8-10-40(11-9-29)24-14-25(39-28(36)38-24)43-26(30(33,34)35)20-6-5-19(31)13-21(20)18-4-7-22(32)17(2)12-18/h4-7,12-14,23,26,37H,3,8-11,15-16H2,1-2H3,(H2,36,38,39)/t23-,26+/m0/s1. The van der Waals surface area contributed by atoms with Gasteiger partial charge in [-0.05, 0) is 79.5 Å². The monoisotopic (exact) mass is 621 g/mol. The molecule has 3 heterocycles. The molecule has 230 valence electrons. The number of nitrogens with one attached hydrogen (secondary N) is 1. The highest BCUT2D eigenvalue weighted by molar-refractivity contribution is 6.30. The number of aromatic nitrogens is 2. The van der Waals surface area contributed by atoms with Crippen molar-refractivity contribution in [2.75, 3.05) is 36.9 Å². The van der Waals surface area contributed by atoms with Crippen LogP contribution in [0.5, 0.6) is 5.88 Å². The van der Waals surface area contributed by atoms with Gasteiger partial charge in [-0.15, -0.1) is 0 Å². The average Bonchev–Trinajstić information content (AvgIpc) is 3.36. The lowest BCUT2D eigenvalue weighted by Gasteiger charge is -2.39. The van der Waals surface area contributed by atoms with Crippen LogP contribution in [0.3, 0.4) is 0 Å². The maximum absolute atomic E-state index is 14.6. The largest absolute Gasteiger partial charge is 0.465 e. The third-order valence-corrected chi connectivity index (χ3v) is 8.32. The molecular weight excluding hydrogens is 590 g/mol. The summed E-state index contributed by atoms with van der Waals surface area (Å²) >= 11 is 6.16. The number of nitrogens with two attached hydrogens (primary N) is 1. The molecular formula is C30H32ClF4N5O3. The van der Waals surface area contributed by atoms with Crippen molar-refractivity contribution >= 4 is 29.3 Å². The summed E-state index contributed by atoms with van der Waals surface area (Å²) < 4.78 is 68.3. The molecule has 1 spiro atoms. The van der Waals surface area contributed by atoms with Crippen molar-refractivity contribution in [2.45, 2.75) is 51.4 Å². The third-order valence-electron chi connectivity index (χ3n) is 8.09. The molecule has 2 aliphatic heterocycles. The van der Waals surface area contributed by atoms with Crippen LogP contribution >= 0.6 is 11.6 Å². The van der Waals surface area contributed by atoms with Crippen molar-refractivity contribution in [3.05, 3.63) is 64.4 Å². The van der Waals surface area contributed by atoms with E-state index in [9.17, 15) is 22.4 Å². The van der Waals surface area contributed by atoms with Gasteiger partial charge >= 0.3 is 12.1 Å². The number of benzene rings is 2. The Balaban J connectivity index is 1.38. The van der Waals surface area contributed by atoms with Crippen molar-refractivity contribution in [1.82, 2.24) is 15.3 Å². The van der Waals surface area contributed by atoms with E-state index in [-0.39, 0.29) is 51.0 Å². The van der Waals surface area contributed by atoms with E-state index in [1.165, 1.54) is 49.4 Å². The molecule has 3 N–H and O–H groups in total. The predicted molar refractivity (Wildman–Crippen MR) is 154 cm³/mol. The SMILES string of the molecule is CCOC(=O)[C@@H]1CC2(CCN(c3cc(O[C@H](c4ccc(Cl)cc4-c4ccc(F)c(C)c4)C(F)(F)F)nc(N)n3)CC2)CN1. The number of nitrogen functional groups attached to an aromatic ring is 1. The first-order chi connectivity index (χ1) is 20.4. The van der Waals surface area contributed by atoms with Gasteiger partial charge in [-0.3, -0.25) is 4.79 Å². The molecule has 0 radical (unpaired) electrons. The van der Waals surface area contributed by atoms with Gasteiger partial charge in [0.25, 0.3) is 0 Å². The number of alkyl halides is 3. The van der Waals surface area contributed by atoms with Crippen molar-refractivity contribution < 1.29 is 31.8 Å².